The molecule has 0 aliphatic rings. The SMILES string of the molecule is CCNC(=O)Cn1nc(-c2nsc(-c3ccc(C)nc3)n2)ccc1=O. The Hall–Kier alpha value is -2.94. The van der Waals surface area contributed by atoms with Crippen molar-refractivity contribution in [3.63, 3.8) is 0 Å². The maximum atomic E-state index is 11.9. The normalized spacial score (nSPS) is 10.6. The number of aromatic nitrogens is 5. The van der Waals surface area contributed by atoms with E-state index in [-0.39, 0.29) is 18.0 Å². The predicted molar refractivity (Wildman–Crippen MR) is 94.1 cm³/mol. The zero-order chi connectivity index (χ0) is 17.8. The maximum absolute atomic E-state index is 11.9. The number of nitrogens with one attached hydrogen (secondary N) is 1. The number of rotatable bonds is 5. The molecule has 1 N–H and O–H groups in total. The Kier molecular flexibility index (Phi) is 4.94. The molecule has 0 fully saturated rings. The lowest BCUT2D eigenvalue weighted by Crippen LogP contribution is -2.33. The number of likely N-dealkylation sites (N-methyl/N-ethyl adjacent to an activating group) is 1. The van der Waals surface area contributed by atoms with Crippen LogP contribution in [0.5, 0.6) is 0 Å². The monoisotopic (exact) mass is 356 g/mol. The van der Waals surface area contributed by atoms with Crippen molar-refractivity contribution in [1.82, 2.24) is 29.4 Å². The molecule has 3 aromatic heterocycles. The van der Waals surface area contributed by atoms with E-state index in [9.17, 15) is 9.59 Å². The van der Waals surface area contributed by atoms with Gasteiger partial charge in [0, 0.05) is 30.1 Å². The summed E-state index contributed by atoms with van der Waals surface area (Å²) >= 11 is 1.23. The summed E-state index contributed by atoms with van der Waals surface area (Å²) in [5.41, 5.74) is 1.87. The smallest absolute Gasteiger partial charge is 0.267 e. The van der Waals surface area contributed by atoms with E-state index in [0.29, 0.717) is 23.1 Å². The summed E-state index contributed by atoms with van der Waals surface area (Å²) in [6.45, 7) is 4.08. The molecule has 3 heterocycles. The van der Waals surface area contributed by atoms with Crippen LogP contribution >= 0.6 is 11.5 Å². The zero-order valence-corrected chi connectivity index (χ0v) is 14.6. The van der Waals surface area contributed by atoms with Crippen molar-refractivity contribution in [3.8, 4) is 22.1 Å². The second-order valence-corrected chi connectivity index (χ2v) is 6.03. The highest BCUT2D eigenvalue weighted by atomic mass is 32.1. The van der Waals surface area contributed by atoms with E-state index in [2.05, 4.69) is 24.8 Å². The van der Waals surface area contributed by atoms with Gasteiger partial charge in [0.25, 0.3) is 5.56 Å². The molecule has 0 bridgehead atoms. The summed E-state index contributed by atoms with van der Waals surface area (Å²) in [5.74, 6) is 0.136. The first-order chi connectivity index (χ1) is 12.1. The Morgan fingerprint density at radius 1 is 1.28 bits per heavy atom. The molecule has 128 valence electrons. The Labute approximate surface area is 147 Å². The third-order valence-corrected chi connectivity index (χ3v) is 4.11. The van der Waals surface area contributed by atoms with Crippen LogP contribution in [-0.2, 0) is 11.3 Å². The molecule has 3 rings (SSSR count). The van der Waals surface area contributed by atoms with E-state index in [1.165, 1.54) is 17.6 Å². The molecule has 9 heteroatoms. The predicted octanol–water partition coefficient (Wildman–Crippen LogP) is 1.27. The Balaban J connectivity index is 1.88. The molecule has 8 nitrogen and oxygen atoms in total. The summed E-state index contributed by atoms with van der Waals surface area (Å²) in [7, 11) is 0. The lowest BCUT2D eigenvalue weighted by molar-refractivity contribution is -0.121. The molecule has 3 aromatic rings. The van der Waals surface area contributed by atoms with Gasteiger partial charge in [0.1, 0.15) is 17.2 Å². The van der Waals surface area contributed by atoms with Crippen molar-refractivity contribution in [3.05, 3.63) is 46.5 Å². The summed E-state index contributed by atoms with van der Waals surface area (Å²) in [5, 5.41) is 7.54. The van der Waals surface area contributed by atoms with E-state index in [0.717, 1.165) is 15.9 Å². The van der Waals surface area contributed by atoms with Crippen LogP contribution in [-0.4, -0.2) is 36.6 Å². The Bertz CT molecular complexity index is 948. The lowest BCUT2D eigenvalue weighted by Gasteiger charge is -2.05. The number of aryl methyl sites for hydroxylation is 1. The van der Waals surface area contributed by atoms with Crippen LogP contribution in [0.3, 0.4) is 0 Å². The number of nitrogens with zero attached hydrogens (tertiary/aromatic N) is 5. The van der Waals surface area contributed by atoms with Crippen LogP contribution in [0.1, 0.15) is 12.6 Å². The fourth-order valence-electron chi connectivity index (χ4n) is 2.11. The van der Waals surface area contributed by atoms with E-state index >= 15 is 0 Å². The molecule has 0 aliphatic carbocycles. The van der Waals surface area contributed by atoms with Crippen LogP contribution in [0.15, 0.2) is 35.3 Å². The molecule has 0 saturated carbocycles. The van der Waals surface area contributed by atoms with E-state index in [1.54, 1.807) is 12.3 Å². The van der Waals surface area contributed by atoms with Crippen molar-refractivity contribution < 1.29 is 4.79 Å². The number of pyridine rings is 1. The van der Waals surface area contributed by atoms with E-state index < -0.39 is 0 Å². The van der Waals surface area contributed by atoms with Crippen LogP contribution in [0.2, 0.25) is 0 Å². The van der Waals surface area contributed by atoms with Gasteiger partial charge in [-0.1, -0.05) is 0 Å². The number of amides is 1. The van der Waals surface area contributed by atoms with Crippen molar-refractivity contribution in [1.29, 1.82) is 0 Å². The topological polar surface area (TPSA) is 103 Å². The van der Waals surface area contributed by atoms with Crippen molar-refractivity contribution >= 4 is 17.4 Å². The zero-order valence-electron chi connectivity index (χ0n) is 13.8. The Morgan fingerprint density at radius 3 is 2.84 bits per heavy atom. The second kappa shape index (κ2) is 7.31. The summed E-state index contributed by atoms with van der Waals surface area (Å²) < 4.78 is 5.40. The van der Waals surface area contributed by atoms with Crippen molar-refractivity contribution in [2.24, 2.45) is 0 Å². The minimum atomic E-state index is -0.354. The van der Waals surface area contributed by atoms with Crippen LogP contribution in [0.4, 0.5) is 0 Å². The summed E-state index contributed by atoms with van der Waals surface area (Å²) in [6.07, 6.45) is 1.74. The molecule has 0 saturated heterocycles. The molecular weight excluding hydrogens is 340 g/mol. The number of hydrogen-bond acceptors (Lipinski definition) is 7. The number of hydrogen-bond donors (Lipinski definition) is 1. The van der Waals surface area contributed by atoms with Crippen LogP contribution in [0, 0.1) is 6.92 Å². The van der Waals surface area contributed by atoms with Gasteiger partial charge in [0.05, 0.1) is 0 Å². The van der Waals surface area contributed by atoms with Crippen LogP contribution < -0.4 is 10.9 Å². The summed E-state index contributed by atoms with van der Waals surface area (Å²) in [4.78, 5) is 32.3. The fraction of sp³-hybridized carbons (Fsp3) is 0.250. The second-order valence-electron chi connectivity index (χ2n) is 5.28. The molecule has 0 spiro atoms. The van der Waals surface area contributed by atoms with E-state index in [1.807, 2.05) is 26.0 Å². The molecule has 0 atom stereocenters. The molecular formula is C16H16N6O2S. The largest absolute Gasteiger partial charge is 0.355 e. The average Bonchev–Trinajstić information content (AvgIpc) is 3.08. The first kappa shape index (κ1) is 16.9. The minimum Gasteiger partial charge on any atom is -0.355 e. The quantitative estimate of drug-likeness (QED) is 0.738. The first-order valence-electron chi connectivity index (χ1n) is 7.69. The molecule has 0 radical (unpaired) electrons. The third kappa shape index (κ3) is 3.94. The minimum absolute atomic E-state index is 0.139. The van der Waals surface area contributed by atoms with Gasteiger partial charge >= 0.3 is 0 Å². The van der Waals surface area contributed by atoms with Gasteiger partial charge in [0.2, 0.25) is 5.91 Å². The summed E-state index contributed by atoms with van der Waals surface area (Å²) in [6, 6.07) is 6.74. The van der Waals surface area contributed by atoms with E-state index in [4.69, 9.17) is 0 Å². The highest BCUT2D eigenvalue weighted by Gasteiger charge is 2.12. The van der Waals surface area contributed by atoms with Crippen molar-refractivity contribution in [2.45, 2.75) is 20.4 Å². The Morgan fingerprint density at radius 2 is 2.12 bits per heavy atom. The van der Waals surface area contributed by atoms with Gasteiger partial charge in [-0.25, -0.2) is 9.67 Å². The average molecular weight is 356 g/mol. The lowest BCUT2D eigenvalue weighted by atomic mass is 10.2. The number of carbonyl (C=O) groups is 1. The van der Waals surface area contributed by atoms with Gasteiger partial charge in [-0.05, 0) is 43.6 Å². The molecule has 0 unspecified atom stereocenters. The molecule has 25 heavy (non-hydrogen) atoms. The van der Waals surface area contributed by atoms with Gasteiger partial charge < -0.3 is 5.32 Å². The first-order valence-corrected chi connectivity index (χ1v) is 8.46. The van der Waals surface area contributed by atoms with Gasteiger partial charge in [-0.15, -0.1) is 0 Å². The highest BCUT2D eigenvalue weighted by molar-refractivity contribution is 7.09. The van der Waals surface area contributed by atoms with Gasteiger partial charge in [-0.3, -0.25) is 14.6 Å². The fourth-order valence-corrected chi connectivity index (χ4v) is 2.77. The van der Waals surface area contributed by atoms with Gasteiger partial charge in [0.15, 0.2) is 5.82 Å². The van der Waals surface area contributed by atoms with Crippen LogP contribution in [0.25, 0.3) is 22.1 Å². The standard InChI is InChI=1S/C16H16N6O2S/c1-3-17-13(23)9-22-14(24)7-6-12(20-22)15-19-16(25-21-15)11-5-4-10(2)18-8-11/h4-8H,3,9H2,1-2H3,(H,17,23). The molecule has 1 amide bonds. The number of carbonyl (C=O) groups excluding carboxylic acids is 1. The third-order valence-electron chi connectivity index (χ3n) is 3.35. The maximum Gasteiger partial charge on any atom is 0.267 e. The van der Waals surface area contributed by atoms with Crippen molar-refractivity contribution in [2.75, 3.05) is 6.54 Å². The molecule has 0 aliphatic heterocycles. The highest BCUT2D eigenvalue weighted by Crippen LogP contribution is 2.24. The molecule has 0 aromatic carbocycles. The van der Waals surface area contributed by atoms with Gasteiger partial charge in [-0.2, -0.15) is 9.47 Å².